The Morgan fingerprint density at radius 2 is 1.89 bits per heavy atom. The number of amides is 1. The van der Waals surface area contributed by atoms with E-state index in [-0.39, 0.29) is 29.5 Å². The van der Waals surface area contributed by atoms with Crippen molar-refractivity contribution in [1.82, 2.24) is 5.32 Å². The molecule has 2 aromatic carbocycles. The van der Waals surface area contributed by atoms with Crippen molar-refractivity contribution in [3.8, 4) is 5.75 Å². The summed E-state index contributed by atoms with van der Waals surface area (Å²) in [6, 6.07) is 9.22. The summed E-state index contributed by atoms with van der Waals surface area (Å²) in [6.45, 7) is 1.86. The number of carbonyl (C=O) groups excluding carboxylic acids is 1. The van der Waals surface area contributed by atoms with E-state index in [1.807, 2.05) is 0 Å². The van der Waals surface area contributed by atoms with E-state index in [2.05, 4.69) is 5.32 Å². The third-order valence-corrected chi connectivity index (χ3v) is 5.57. The predicted molar refractivity (Wildman–Crippen MR) is 108 cm³/mol. The zero-order valence-electron chi connectivity index (χ0n) is 15.8. The lowest BCUT2D eigenvalue weighted by Gasteiger charge is -2.30. The Hall–Kier alpha value is -2.32. The van der Waals surface area contributed by atoms with E-state index in [1.54, 1.807) is 25.1 Å². The van der Waals surface area contributed by atoms with Gasteiger partial charge in [-0.05, 0) is 42.3 Å². The summed E-state index contributed by atoms with van der Waals surface area (Å²) < 4.78 is 44.0. The van der Waals surface area contributed by atoms with Gasteiger partial charge < -0.3 is 10.1 Å². The molecule has 1 atom stereocenters. The summed E-state index contributed by atoms with van der Waals surface area (Å²) in [5.74, 6) is -0.446. The lowest BCUT2D eigenvalue weighted by Crippen LogP contribution is -2.49. The molecule has 0 aliphatic heterocycles. The molecular weight excluding hydrogens is 407 g/mol. The maximum Gasteiger partial charge on any atom is 0.244 e. The highest BCUT2D eigenvalue weighted by molar-refractivity contribution is 7.92. The van der Waals surface area contributed by atoms with Crippen LogP contribution in [-0.2, 0) is 21.4 Å². The number of ether oxygens (including phenoxy) is 1. The molecule has 0 aromatic heterocycles. The number of halogens is 2. The first-order chi connectivity index (χ1) is 13.2. The van der Waals surface area contributed by atoms with Gasteiger partial charge in [-0.15, -0.1) is 0 Å². The molecular formula is C19H22ClFN2O4S. The average Bonchev–Trinajstić information content (AvgIpc) is 2.64. The number of hydrogen-bond donors (Lipinski definition) is 1. The Morgan fingerprint density at radius 3 is 2.39 bits per heavy atom. The number of nitrogens with one attached hydrogen (secondary N) is 1. The smallest absolute Gasteiger partial charge is 0.244 e. The quantitative estimate of drug-likeness (QED) is 0.699. The Bertz CT molecular complexity index is 935. The molecule has 0 spiro atoms. The summed E-state index contributed by atoms with van der Waals surface area (Å²) in [5.41, 5.74) is 0.958. The first kappa shape index (κ1) is 22.0. The van der Waals surface area contributed by atoms with Gasteiger partial charge in [-0.25, -0.2) is 12.8 Å². The Morgan fingerprint density at radius 1 is 1.25 bits per heavy atom. The van der Waals surface area contributed by atoms with Crippen LogP contribution in [-0.4, -0.2) is 33.7 Å². The number of carbonyl (C=O) groups is 1. The zero-order valence-corrected chi connectivity index (χ0v) is 17.3. The van der Waals surface area contributed by atoms with Gasteiger partial charge in [-0.2, -0.15) is 0 Å². The van der Waals surface area contributed by atoms with Crippen molar-refractivity contribution in [2.75, 3.05) is 17.7 Å². The number of anilines is 1. The van der Waals surface area contributed by atoms with Crippen molar-refractivity contribution in [2.24, 2.45) is 0 Å². The first-order valence-corrected chi connectivity index (χ1v) is 10.7. The third kappa shape index (κ3) is 5.36. The Kier molecular flexibility index (Phi) is 7.26. The lowest BCUT2D eigenvalue weighted by atomic mass is 10.1. The van der Waals surface area contributed by atoms with Crippen LogP contribution in [0, 0.1) is 5.82 Å². The highest BCUT2D eigenvalue weighted by Crippen LogP contribution is 2.31. The minimum Gasteiger partial charge on any atom is -0.495 e. The summed E-state index contributed by atoms with van der Waals surface area (Å²) in [7, 11) is -2.32. The van der Waals surface area contributed by atoms with E-state index < -0.39 is 22.0 Å². The number of benzene rings is 2. The van der Waals surface area contributed by atoms with Gasteiger partial charge in [0.15, 0.2) is 0 Å². The lowest BCUT2D eigenvalue weighted by molar-refractivity contribution is -0.122. The molecule has 0 aliphatic rings. The van der Waals surface area contributed by atoms with E-state index in [1.165, 1.54) is 31.4 Å². The average molecular weight is 429 g/mol. The second-order valence-electron chi connectivity index (χ2n) is 6.15. The molecule has 0 aliphatic carbocycles. The van der Waals surface area contributed by atoms with Crippen molar-refractivity contribution in [2.45, 2.75) is 25.9 Å². The number of sulfonamides is 1. The van der Waals surface area contributed by atoms with Crippen molar-refractivity contribution in [1.29, 1.82) is 0 Å². The molecule has 2 rings (SSSR count). The molecule has 0 heterocycles. The molecule has 6 nitrogen and oxygen atoms in total. The molecule has 2 aromatic rings. The largest absolute Gasteiger partial charge is 0.495 e. The molecule has 28 heavy (non-hydrogen) atoms. The Labute approximate surface area is 169 Å². The summed E-state index contributed by atoms with van der Waals surface area (Å²) >= 11 is 6.13. The molecule has 1 N–H and O–H groups in total. The minimum atomic E-state index is -3.78. The van der Waals surface area contributed by atoms with E-state index in [0.29, 0.717) is 11.3 Å². The van der Waals surface area contributed by atoms with Crippen LogP contribution in [0.25, 0.3) is 0 Å². The molecule has 0 radical (unpaired) electrons. The normalized spacial score (nSPS) is 12.3. The summed E-state index contributed by atoms with van der Waals surface area (Å²) in [4.78, 5) is 12.7. The Balaban J connectivity index is 2.28. The molecule has 0 fully saturated rings. The van der Waals surface area contributed by atoms with Crippen molar-refractivity contribution in [3.63, 3.8) is 0 Å². The van der Waals surface area contributed by atoms with Gasteiger partial charge in [0.25, 0.3) is 0 Å². The number of methoxy groups -OCH3 is 1. The van der Waals surface area contributed by atoms with Crippen LogP contribution < -0.4 is 14.4 Å². The number of nitrogens with zero attached hydrogens (tertiary/aromatic N) is 1. The first-order valence-electron chi connectivity index (χ1n) is 8.52. The van der Waals surface area contributed by atoms with Crippen molar-refractivity contribution < 1.29 is 22.3 Å². The minimum absolute atomic E-state index is 0.149. The molecule has 0 saturated heterocycles. The van der Waals surface area contributed by atoms with Gasteiger partial charge in [-0.3, -0.25) is 9.10 Å². The van der Waals surface area contributed by atoms with Crippen LogP contribution in [0.4, 0.5) is 10.1 Å². The molecule has 9 heteroatoms. The van der Waals surface area contributed by atoms with Crippen LogP contribution in [0.5, 0.6) is 5.75 Å². The topological polar surface area (TPSA) is 75.7 Å². The zero-order chi connectivity index (χ0) is 20.9. The SMILES string of the molecule is CC[C@H](C(=O)NCc1ccc(F)cc1)N(c1ccc(OC)c(Cl)c1)S(C)(=O)=O. The second kappa shape index (κ2) is 9.25. The molecule has 152 valence electrons. The van der Waals surface area contributed by atoms with Crippen LogP contribution in [0.15, 0.2) is 42.5 Å². The molecule has 0 unspecified atom stereocenters. The van der Waals surface area contributed by atoms with E-state index in [4.69, 9.17) is 16.3 Å². The highest BCUT2D eigenvalue weighted by Gasteiger charge is 2.31. The van der Waals surface area contributed by atoms with E-state index >= 15 is 0 Å². The van der Waals surface area contributed by atoms with E-state index in [0.717, 1.165) is 10.6 Å². The molecule has 1 amide bonds. The number of hydrogen-bond acceptors (Lipinski definition) is 4. The van der Waals surface area contributed by atoms with Crippen molar-refractivity contribution >= 4 is 33.2 Å². The second-order valence-corrected chi connectivity index (χ2v) is 8.41. The van der Waals surface area contributed by atoms with E-state index in [9.17, 15) is 17.6 Å². The van der Waals surface area contributed by atoms with Gasteiger partial charge in [-0.1, -0.05) is 30.7 Å². The highest BCUT2D eigenvalue weighted by atomic mass is 35.5. The van der Waals surface area contributed by atoms with Crippen molar-refractivity contribution in [3.05, 3.63) is 58.9 Å². The molecule has 0 bridgehead atoms. The number of rotatable bonds is 8. The van der Waals surface area contributed by atoms with Crippen LogP contribution >= 0.6 is 11.6 Å². The molecule has 0 saturated carbocycles. The van der Waals surface area contributed by atoms with Gasteiger partial charge in [0.2, 0.25) is 15.9 Å². The summed E-state index contributed by atoms with van der Waals surface area (Å²) in [6.07, 6.45) is 1.27. The summed E-state index contributed by atoms with van der Waals surface area (Å²) in [5, 5.41) is 2.94. The van der Waals surface area contributed by atoms with Crippen LogP contribution in [0.3, 0.4) is 0 Å². The third-order valence-electron chi connectivity index (χ3n) is 4.10. The maximum absolute atomic E-state index is 13.0. The van der Waals surface area contributed by atoms with Crippen LogP contribution in [0.2, 0.25) is 5.02 Å². The standard InChI is InChI=1S/C19H22ClFN2O4S/c1-4-17(19(24)22-12-13-5-7-14(21)8-6-13)23(28(3,25)26)15-9-10-18(27-2)16(20)11-15/h5-11,17H,4,12H2,1-3H3,(H,22,24)/t17-/m1/s1. The van der Waals surface area contributed by atoms with Gasteiger partial charge in [0, 0.05) is 6.54 Å². The fraction of sp³-hybridized carbons (Fsp3) is 0.316. The fourth-order valence-electron chi connectivity index (χ4n) is 2.76. The fourth-order valence-corrected chi connectivity index (χ4v) is 4.22. The maximum atomic E-state index is 13.0. The van der Waals surface area contributed by atoms with Crippen LogP contribution in [0.1, 0.15) is 18.9 Å². The van der Waals surface area contributed by atoms with Gasteiger partial charge in [0.1, 0.15) is 17.6 Å². The van der Waals surface area contributed by atoms with Gasteiger partial charge >= 0.3 is 0 Å². The predicted octanol–water partition coefficient (Wildman–Crippen LogP) is 3.35. The van der Waals surface area contributed by atoms with Gasteiger partial charge in [0.05, 0.1) is 24.1 Å². The monoisotopic (exact) mass is 428 g/mol.